The number of likely N-dealkylation sites (N-methyl/N-ethyl adjacent to an activating group) is 1. The van der Waals surface area contributed by atoms with Gasteiger partial charge < -0.3 is 14.9 Å². The third-order valence-corrected chi connectivity index (χ3v) is 3.20. The zero-order valence-electron chi connectivity index (χ0n) is 11.6. The minimum atomic E-state index is -0.969. The maximum Gasteiger partial charge on any atom is 0.335 e. The monoisotopic (exact) mass is 267 g/mol. The summed E-state index contributed by atoms with van der Waals surface area (Å²) in [6.45, 7) is 5.03. The standard InChI is InChI=1S/C14H21NO4/c1-14(2,10-16)15(3)7-8-19-12-6-4-5-11(9-12)13(17)18/h4-6,9,16H,7-8,10H2,1-3H3,(H,17,18). The van der Waals surface area contributed by atoms with E-state index < -0.39 is 5.97 Å². The van der Waals surface area contributed by atoms with E-state index in [1.54, 1.807) is 12.1 Å². The summed E-state index contributed by atoms with van der Waals surface area (Å²) in [5.41, 5.74) is -0.0896. The van der Waals surface area contributed by atoms with Crippen molar-refractivity contribution in [3.63, 3.8) is 0 Å². The molecule has 0 saturated carbocycles. The van der Waals surface area contributed by atoms with E-state index >= 15 is 0 Å². The van der Waals surface area contributed by atoms with Crippen LogP contribution in [0.15, 0.2) is 24.3 Å². The summed E-state index contributed by atoms with van der Waals surface area (Å²) < 4.78 is 5.52. The van der Waals surface area contributed by atoms with Crippen molar-refractivity contribution < 1.29 is 19.7 Å². The van der Waals surface area contributed by atoms with Crippen LogP contribution in [0.2, 0.25) is 0 Å². The second-order valence-electron chi connectivity index (χ2n) is 5.07. The lowest BCUT2D eigenvalue weighted by Crippen LogP contribution is -2.45. The fraction of sp³-hybridized carbons (Fsp3) is 0.500. The van der Waals surface area contributed by atoms with Gasteiger partial charge in [0.05, 0.1) is 12.2 Å². The number of nitrogens with zero attached hydrogens (tertiary/aromatic N) is 1. The number of carbonyl (C=O) groups is 1. The number of aliphatic hydroxyl groups is 1. The van der Waals surface area contributed by atoms with Gasteiger partial charge in [0.1, 0.15) is 12.4 Å². The van der Waals surface area contributed by atoms with Crippen LogP contribution in [0.4, 0.5) is 0 Å². The first-order valence-corrected chi connectivity index (χ1v) is 6.15. The topological polar surface area (TPSA) is 70.0 Å². The maximum absolute atomic E-state index is 10.8. The fourth-order valence-electron chi connectivity index (χ4n) is 1.44. The molecule has 0 radical (unpaired) electrons. The van der Waals surface area contributed by atoms with Gasteiger partial charge in [-0.1, -0.05) is 6.07 Å². The van der Waals surface area contributed by atoms with Crippen LogP contribution in [0.3, 0.4) is 0 Å². The molecule has 0 aromatic heterocycles. The largest absolute Gasteiger partial charge is 0.492 e. The van der Waals surface area contributed by atoms with Gasteiger partial charge in [-0.15, -0.1) is 0 Å². The number of carboxylic acids is 1. The number of rotatable bonds is 7. The van der Waals surface area contributed by atoms with E-state index in [0.717, 1.165) is 0 Å². The van der Waals surface area contributed by atoms with Gasteiger partial charge >= 0.3 is 5.97 Å². The molecule has 1 aromatic carbocycles. The van der Waals surface area contributed by atoms with E-state index in [2.05, 4.69) is 0 Å². The fourth-order valence-corrected chi connectivity index (χ4v) is 1.44. The van der Waals surface area contributed by atoms with Crippen LogP contribution in [-0.4, -0.2) is 53.4 Å². The van der Waals surface area contributed by atoms with Crippen LogP contribution < -0.4 is 4.74 Å². The van der Waals surface area contributed by atoms with Crippen molar-refractivity contribution in [3.05, 3.63) is 29.8 Å². The minimum Gasteiger partial charge on any atom is -0.492 e. The summed E-state index contributed by atoms with van der Waals surface area (Å²) in [6, 6.07) is 6.40. The third kappa shape index (κ3) is 4.54. The first-order valence-electron chi connectivity index (χ1n) is 6.15. The molecule has 0 bridgehead atoms. The lowest BCUT2D eigenvalue weighted by molar-refractivity contribution is 0.0674. The summed E-state index contributed by atoms with van der Waals surface area (Å²) in [6.07, 6.45) is 0. The Morgan fingerprint density at radius 2 is 2.11 bits per heavy atom. The molecule has 0 saturated heterocycles. The Bertz CT molecular complexity index is 431. The Hall–Kier alpha value is -1.59. The van der Waals surface area contributed by atoms with Gasteiger partial charge in [0, 0.05) is 12.1 Å². The van der Waals surface area contributed by atoms with Crippen molar-refractivity contribution in [2.75, 3.05) is 26.8 Å². The number of hydrogen-bond acceptors (Lipinski definition) is 4. The molecule has 0 heterocycles. The molecular formula is C14H21NO4. The highest BCUT2D eigenvalue weighted by molar-refractivity contribution is 5.87. The number of benzene rings is 1. The van der Waals surface area contributed by atoms with E-state index in [0.29, 0.717) is 18.9 Å². The molecule has 106 valence electrons. The van der Waals surface area contributed by atoms with Gasteiger partial charge in [0.15, 0.2) is 0 Å². The van der Waals surface area contributed by atoms with Gasteiger partial charge in [0.2, 0.25) is 0 Å². The van der Waals surface area contributed by atoms with E-state index in [-0.39, 0.29) is 17.7 Å². The Morgan fingerprint density at radius 1 is 1.42 bits per heavy atom. The van der Waals surface area contributed by atoms with Crippen LogP contribution >= 0.6 is 0 Å². The molecule has 1 aromatic rings. The van der Waals surface area contributed by atoms with Crippen LogP contribution in [0, 0.1) is 0 Å². The van der Waals surface area contributed by atoms with E-state index in [1.807, 2.05) is 25.8 Å². The zero-order chi connectivity index (χ0) is 14.5. The van der Waals surface area contributed by atoms with Crippen molar-refractivity contribution in [1.29, 1.82) is 0 Å². The SMILES string of the molecule is CN(CCOc1cccc(C(=O)O)c1)C(C)(C)CO. The van der Waals surface area contributed by atoms with Gasteiger partial charge in [-0.05, 0) is 39.1 Å². The lowest BCUT2D eigenvalue weighted by atomic mass is 10.1. The highest BCUT2D eigenvalue weighted by Gasteiger charge is 2.21. The smallest absolute Gasteiger partial charge is 0.335 e. The van der Waals surface area contributed by atoms with E-state index in [4.69, 9.17) is 9.84 Å². The molecule has 0 spiro atoms. The number of aliphatic hydroxyl groups excluding tert-OH is 1. The quantitative estimate of drug-likeness (QED) is 0.783. The van der Waals surface area contributed by atoms with Gasteiger partial charge in [-0.2, -0.15) is 0 Å². The molecule has 0 unspecified atom stereocenters. The average Bonchev–Trinajstić information content (AvgIpc) is 2.38. The van der Waals surface area contributed by atoms with Crippen molar-refractivity contribution in [2.24, 2.45) is 0 Å². The van der Waals surface area contributed by atoms with Crippen LogP contribution in [0.1, 0.15) is 24.2 Å². The maximum atomic E-state index is 10.8. The van der Waals surface area contributed by atoms with Crippen molar-refractivity contribution >= 4 is 5.97 Å². The lowest BCUT2D eigenvalue weighted by Gasteiger charge is -2.33. The van der Waals surface area contributed by atoms with Crippen LogP contribution in [0.25, 0.3) is 0 Å². The zero-order valence-corrected chi connectivity index (χ0v) is 11.6. The summed E-state index contributed by atoms with van der Waals surface area (Å²) in [5.74, 6) is -0.431. The second kappa shape index (κ2) is 6.54. The van der Waals surface area contributed by atoms with Gasteiger partial charge in [0.25, 0.3) is 0 Å². The molecule has 0 aliphatic heterocycles. The molecule has 1 rings (SSSR count). The Kier molecular flexibility index (Phi) is 5.32. The number of aromatic carboxylic acids is 1. The molecule has 19 heavy (non-hydrogen) atoms. The summed E-state index contributed by atoms with van der Waals surface area (Å²) >= 11 is 0. The normalized spacial score (nSPS) is 11.6. The van der Waals surface area contributed by atoms with Crippen LogP contribution in [0.5, 0.6) is 5.75 Å². The first kappa shape index (κ1) is 15.5. The second-order valence-corrected chi connectivity index (χ2v) is 5.07. The predicted octanol–water partition coefficient (Wildman–Crippen LogP) is 1.47. The highest BCUT2D eigenvalue weighted by Crippen LogP contribution is 2.14. The number of carboxylic acid groups (broad SMARTS) is 1. The first-order chi connectivity index (χ1) is 8.86. The molecular weight excluding hydrogens is 246 g/mol. The molecule has 0 amide bonds. The molecule has 5 nitrogen and oxygen atoms in total. The molecule has 2 N–H and O–H groups in total. The van der Waals surface area contributed by atoms with Crippen molar-refractivity contribution in [1.82, 2.24) is 4.90 Å². The van der Waals surface area contributed by atoms with Crippen molar-refractivity contribution in [3.8, 4) is 5.75 Å². The average molecular weight is 267 g/mol. The molecule has 0 atom stereocenters. The Balaban J connectivity index is 2.50. The molecule has 0 fully saturated rings. The third-order valence-electron chi connectivity index (χ3n) is 3.20. The van der Waals surface area contributed by atoms with E-state index in [1.165, 1.54) is 12.1 Å². The summed E-state index contributed by atoms with van der Waals surface area (Å²) in [4.78, 5) is 12.8. The van der Waals surface area contributed by atoms with Gasteiger partial charge in [-0.25, -0.2) is 4.79 Å². The Labute approximate surface area is 113 Å². The molecule has 0 aliphatic rings. The van der Waals surface area contributed by atoms with E-state index in [9.17, 15) is 9.90 Å². The van der Waals surface area contributed by atoms with Crippen LogP contribution in [-0.2, 0) is 0 Å². The molecule has 0 aliphatic carbocycles. The minimum absolute atomic E-state index is 0.0675. The Morgan fingerprint density at radius 3 is 2.68 bits per heavy atom. The highest BCUT2D eigenvalue weighted by atomic mass is 16.5. The summed E-state index contributed by atoms with van der Waals surface area (Å²) in [7, 11) is 1.91. The summed E-state index contributed by atoms with van der Waals surface area (Å²) in [5, 5.41) is 18.1. The number of hydrogen-bond donors (Lipinski definition) is 2. The number of ether oxygens (including phenoxy) is 1. The predicted molar refractivity (Wildman–Crippen MR) is 72.7 cm³/mol. The molecule has 5 heteroatoms. The van der Waals surface area contributed by atoms with Gasteiger partial charge in [-0.3, -0.25) is 4.90 Å². The van der Waals surface area contributed by atoms with Crippen molar-refractivity contribution in [2.45, 2.75) is 19.4 Å².